The molecule has 3 aromatic rings. The number of imidazole rings is 1. The number of aromatic nitrogens is 4. The monoisotopic (exact) mass is 458 g/mol. The van der Waals surface area contributed by atoms with Crippen molar-refractivity contribution in [2.75, 3.05) is 16.4 Å². The van der Waals surface area contributed by atoms with Crippen LogP contribution >= 0.6 is 11.8 Å². The van der Waals surface area contributed by atoms with Crippen molar-refractivity contribution in [3.05, 3.63) is 44.6 Å². The van der Waals surface area contributed by atoms with E-state index in [-0.39, 0.29) is 17.6 Å². The Hall–Kier alpha value is -3.34. The van der Waals surface area contributed by atoms with Gasteiger partial charge in [-0.25, -0.2) is 9.78 Å². The van der Waals surface area contributed by atoms with Crippen molar-refractivity contribution in [3.8, 4) is 0 Å². The highest BCUT2D eigenvalue weighted by Gasteiger charge is 2.19. The molecule has 2 aromatic heterocycles. The van der Waals surface area contributed by atoms with E-state index in [0.717, 1.165) is 10.1 Å². The number of fused-ring (bicyclic) bond motifs is 1. The largest absolute Gasteiger partial charge is 0.332 e. The minimum absolute atomic E-state index is 0.0744. The maximum absolute atomic E-state index is 12.6. The van der Waals surface area contributed by atoms with E-state index in [1.165, 1.54) is 23.4 Å². The first kappa shape index (κ1) is 23.3. The predicted octanol–water partition coefficient (Wildman–Crippen LogP) is 1.84. The van der Waals surface area contributed by atoms with Gasteiger partial charge in [0.15, 0.2) is 16.3 Å². The molecule has 32 heavy (non-hydrogen) atoms. The number of hydrogen-bond donors (Lipinski definition) is 2. The first-order valence-corrected chi connectivity index (χ1v) is 11.2. The first-order valence-electron chi connectivity index (χ1n) is 10.2. The van der Waals surface area contributed by atoms with Crippen LogP contribution in [0.2, 0.25) is 0 Å². The van der Waals surface area contributed by atoms with Crippen LogP contribution in [0.15, 0.2) is 32.9 Å². The molecule has 10 nitrogen and oxygen atoms in total. The number of amides is 2. The molecule has 2 N–H and O–H groups in total. The maximum atomic E-state index is 12.6. The number of nitrogens with zero attached hydrogens (tertiary/aromatic N) is 4. The van der Waals surface area contributed by atoms with Gasteiger partial charge in [-0.05, 0) is 37.6 Å². The smallest absolute Gasteiger partial charge is 0.326 e. The molecule has 2 amide bonds. The van der Waals surface area contributed by atoms with Crippen LogP contribution in [-0.4, -0.2) is 36.3 Å². The number of thioether (sulfide) groups is 1. The Bertz CT molecular complexity index is 1320. The topological polar surface area (TPSA) is 120 Å². The molecule has 0 bridgehead atoms. The fourth-order valence-electron chi connectivity index (χ4n) is 3.28. The highest BCUT2D eigenvalue weighted by Crippen LogP contribution is 2.23. The van der Waals surface area contributed by atoms with Crippen LogP contribution < -0.4 is 21.9 Å². The molecule has 3 rings (SSSR count). The van der Waals surface area contributed by atoms with E-state index in [4.69, 9.17) is 0 Å². The van der Waals surface area contributed by atoms with E-state index in [2.05, 4.69) is 15.6 Å². The van der Waals surface area contributed by atoms with Gasteiger partial charge in [-0.2, -0.15) is 0 Å². The van der Waals surface area contributed by atoms with Gasteiger partial charge >= 0.3 is 5.69 Å². The molecule has 0 atom stereocenters. The Balaban J connectivity index is 1.77. The van der Waals surface area contributed by atoms with Gasteiger partial charge in [-0.1, -0.05) is 18.7 Å². The molecule has 0 aliphatic heterocycles. The second-order valence-corrected chi connectivity index (χ2v) is 8.23. The van der Waals surface area contributed by atoms with E-state index in [1.54, 1.807) is 36.7 Å². The summed E-state index contributed by atoms with van der Waals surface area (Å²) in [4.78, 5) is 53.3. The molecule has 170 valence electrons. The molecule has 1 aromatic carbocycles. The van der Waals surface area contributed by atoms with Gasteiger partial charge in [0.25, 0.3) is 5.56 Å². The quantitative estimate of drug-likeness (QED) is 0.522. The van der Waals surface area contributed by atoms with Crippen molar-refractivity contribution >= 4 is 46.1 Å². The third-order valence-electron chi connectivity index (χ3n) is 5.07. The van der Waals surface area contributed by atoms with Crippen molar-refractivity contribution in [1.82, 2.24) is 18.7 Å². The molecule has 0 fully saturated rings. The highest BCUT2D eigenvalue weighted by molar-refractivity contribution is 7.99. The van der Waals surface area contributed by atoms with Crippen molar-refractivity contribution in [1.29, 1.82) is 0 Å². The molecule has 11 heteroatoms. The molecule has 0 saturated carbocycles. The summed E-state index contributed by atoms with van der Waals surface area (Å²) in [6, 6.07) is 5.26. The zero-order valence-corrected chi connectivity index (χ0v) is 19.5. The number of rotatable bonds is 7. The second kappa shape index (κ2) is 9.43. The lowest BCUT2D eigenvalue weighted by Crippen LogP contribution is -2.37. The van der Waals surface area contributed by atoms with Gasteiger partial charge in [-0.15, -0.1) is 0 Å². The summed E-state index contributed by atoms with van der Waals surface area (Å²) in [5.41, 5.74) is 1.91. The molecule has 0 radical (unpaired) electrons. The predicted molar refractivity (Wildman–Crippen MR) is 125 cm³/mol. The van der Waals surface area contributed by atoms with Crippen LogP contribution in [0.3, 0.4) is 0 Å². The summed E-state index contributed by atoms with van der Waals surface area (Å²) in [5, 5.41) is 6.13. The van der Waals surface area contributed by atoms with Crippen molar-refractivity contribution in [2.24, 2.45) is 14.1 Å². The number of benzene rings is 1. The second-order valence-electron chi connectivity index (χ2n) is 7.28. The summed E-state index contributed by atoms with van der Waals surface area (Å²) in [5.74, 6) is -0.242. The maximum Gasteiger partial charge on any atom is 0.332 e. The zero-order valence-electron chi connectivity index (χ0n) is 18.7. The standard InChI is InChI=1S/C21H26N6O4S/c1-6-15(28)23-14-9-8-13(10-12(14)3)22-16(29)11-32-20-24-18-17(27(20)7-2)19(30)26(5)21(31)25(18)4/h8-10H,6-7,11H2,1-5H3,(H,22,29)(H,23,28). The van der Waals surface area contributed by atoms with Crippen LogP contribution in [0, 0.1) is 6.92 Å². The van der Waals surface area contributed by atoms with Crippen LogP contribution in [-0.2, 0) is 30.2 Å². The summed E-state index contributed by atoms with van der Waals surface area (Å²) >= 11 is 1.19. The fourth-order valence-corrected chi connectivity index (χ4v) is 4.14. The van der Waals surface area contributed by atoms with E-state index in [9.17, 15) is 19.2 Å². The van der Waals surface area contributed by atoms with Crippen LogP contribution in [0.25, 0.3) is 11.2 Å². The fraction of sp³-hybridized carbons (Fsp3) is 0.381. The summed E-state index contributed by atoms with van der Waals surface area (Å²) < 4.78 is 4.09. The Morgan fingerprint density at radius 3 is 2.41 bits per heavy atom. The van der Waals surface area contributed by atoms with E-state index in [0.29, 0.717) is 40.7 Å². The normalized spacial score (nSPS) is 11.0. The zero-order chi connectivity index (χ0) is 23.6. The average Bonchev–Trinajstić information content (AvgIpc) is 3.15. The number of aryl methyl sites for hydroxylation is 3. The van der Waals surface area contributed by atoms with Gasteiger partial charge in [0.2, 0.25) is 11.8 Å². The third-order valence-corrected chi connectivity index (χ3v) is 6.04. The molecule has 0 unspecified atom stereocenters. The molecule has 0 spiro atoms. The Morgan fingerprint density at radius 2 is 1.78 bits per heavy atom. The third kappa shape index (κ3) is 4.47. The van der Waals surface area contributed by atoms with Gasteiger partial charge in [0, 0.05) is 38.4 Å². The van der Waals surface area contributed by atoms with Crippen LogP contribution in [0.1, 0.15) is 25.8 Å². The minimum atomic E-state index is -0.452. The molecular formula is C21H26N6O4S. The summed E-state index contributed by atoms with van der Waals surface area (Å²) in [7, 11) is 2.99. The van der Waals surface area contributed by atoms with E-state index in [1.807, 2.05) is 13.8 Å². The number of carbonyl (C=O) groups excluding carboxylic acids is 2. The lowest BCUT2D eigenvalue weighted by Gasteiger charge is -2.11. The van der Waals surface area contributed by atoms with Crippen LogP contribution in [0.4, 0.5) is 11.4 Å². The molecule has 0 saturated heterocycles. The molecule has 0 aliphatic carbocycles. The van der Waals surface area contributed by atoms with Crippen molar-refractivity contribution in [3.63, 3.8) is 0 Å². The number of anilines is 2. The van der Waals surface area contributed by atoms with E-state index >= 15 is 0 Å². The molecule has 2 heterocycles. The first-order chi connectivity index (χ1) is 15.2. The number of nitrogens with one attached hydrogen (secondary N) is 2. The van der Waals surface area contributed by atoms with E-state index < -0.39 is 11.2 Å². The Morgan fingerprint density at radius 1 is 1.06 bits per heavy atom. The minimum Gasteiger partial charge on any atom is -0.326 e. The SMILES string of the molecule is CCC(=O)Nc1ccc(NC(=O)CSc2nc3c(c(=O)n(C)c(=O)n3C)n2CC)cc1C. The lowest BCUT2D eigenvalue weighted by molar-refractivity contribution is -0.116. The highest BCUT2D eigenvalue weighted by atomic mass is 32.2. The number of carbonyl (C=O) groups is 2. The lowest BCUT2D eigenvalue weighted by atomic mass is 10.1. The van der Waals surface area contributed by atoms with Gasteiger partial charge in [-0.3, -0.25) is 23.5 Å². The molecular weight excluding hydrogens is 432 g/mol. The Labute approximate surface area is 188 Å². The van der Waals surface area contributed by atoms with Crippen LogP contribution in [0.5, 0.6) is 0 Å². The summed E-state index contributed by atoms with van der Waals surface area (Å²) in [6.07, 6.45) is 0.387. The average molecular weight is 459 g/mol. The van der Waals surface area contributed by atoms with Crippen molar-refractivity contribution in [2.45, 2.75) is 38.9 Å². The van der Waals surface area contributed by atoms with Gasteiger partial charge < -0.3 is 15.2 Å². The van der Waals surface area contributed by atoms with Crippen molar-refractivity contribution < 1.29 is 9.59 Å². The summed E-state index contributed by atoms with van der Waals surface area (Å²) in [6.45, 7) is 5.97. The van der Waals surface area contributed by atoms with Gasteiger partial charge in [0.1, 0.15) is 0 Å². The Kier molecular flexibility index (Phi) is 6.87. The number of hydrogen-bond acceptors (Lipinski definition) is 6. The molecule has 0 aliphatic rings. The van der Waals surface area contributed by atoms with Gasteiger partial charge in [0.05, 0.1) is 5.75 Å².